The number of aliphatic hydroxyl groups is 1. The van der Waals surface area contributed by atoms with E-state index in [1.165, 1.54) is 18.0 Å². The van der Waals surface area contributed by atoms with Crippen molar-refractivity contribution in [3.05, 3.63) is 102 Å². The number of amides is 13. The van der Waals surface area contributed by atoms with Gasteiger partial charge in [0.25, 0.3) is 5.91 Å². The number of H-pyrrole nitrogens is 1. The molecule has 0 unspecified atom stereocenters. The maximum atomic E-state index is 14.9. The Balaban J connectivity index is 1.42. The van der Waals surface area contributed by atoms with Crippen LogP contribution in [0.1, 0.15) is 75.5 Å². The summed E-state index contributed by atoms with van der Waals surface area (Å²) in [6.45, 7) is 0.628. The van der Waals surface area contributed by atoms with Crippen molar-refractivity contribution in [2.24, 2.45) is 11.5 Å². The van der Waals surface area contributed by atoms with E-state index in [0.29, 0.717) is 22.0 Å². The van der Waals surface area contributed by atoms with Crippen LogP contribution < -0.4 is 63.5 Å². The monoisotopic (exact) mass is 1390 g/mol. The van der Waals surface area contributed by atoms with E-state index in [4.69, 9.17) is 11.5 Å². The van der Waals surface area contributed by atoms with Gasteiger partial charge in [0.05, 0.1) is 25.5 Å². The molecule has 524 valence electrons. The average molecular weight is 1390 g/mol. The van der Waals surface area contributed by atoms with Gasteiger partial charge in [-0.3, -0.25) is 81.4 Å². The topological polar surface area (TPSA) is 560 Å². The molecule has 0 radical (unpaired) electrons. The Bertz CT molecular complexity index is 3710. The first kappa shape index (κ1) is 77.2. The first-order valence-corrected chi connectivity index (χ1v) is 32.5. The number of hydrogen-bond donors (Lipinski definition) is 16. The van der Waals surface area contributed by atoms with E-state index in [0.717, 1.165) is 38.1 Å². The Morgan fingerprint density at radius 1 is 0.660 bits per heavy atom. The number of hydrogen-bond acceptors (Lipinski definition) is 20. The summed E-state index contributed by atoms with van der Waals surface area (Å²) in [4.78, 5) is 204. The fraction of sp³-hybridized carbons (Fsp3) is 0.417. The van der Waals surface area contributed by atoms with Gasteiger partial charge in [0, 0.05) is 56.1 Å². The van der Waals surface area contributed by atoms with E-state index in [-0.39, 0.29) is 48.3 Å². The molecule has 1 saturated heterocycles. The standard InChI is InChI=1S/C60H75N13O22S2/c1-30(74)51(73(31(2)75)60(91)45(24-33-13-15-35(16-14-33)95-97(92,93)94)72-58(89)44(27-50(81)82)70-54(85)39(17-19-46(61)76)67-53(84)38-18-20-47(77)65-38)59(90)64-29-48(78)66-42(25-34-28-63-37-12-8-7-11-36(34)37)56(87)68-40(21-22-96-3)55(86)71-43(26-49(79)80)57(88)69-41(52(62)83)23-32-9-5-4-6-10-32/h4-16,28,30,38-45,51,63,74H,17-27,29H2,1-3H3,(H2,61,76)(H2,62,83)(H,64,90)(H,65,77)(H,66,78)(H,67,84)(H,68,87)(H,69,88)(H,70,85)(H,71,86)(H,72,89)(H,79,80)(H,81,82)(H,92,93,94)/t30-,38+,39+,40+,41+,42+,43+,44+,45+,51+/m1/s1. The van der Waals surface area contributed by atoms with E-state index < -0.39 is 204 Å². The first-order chi connectivity index (χ1) is 45.7. The number of carboxylic acid groups (broad SMARTS) is 2. The fourth-order valence-corrected chi connectivity index (χ4v) is 10.9. The second kappa shape index (κ2) is 36.4. The van der Waals surface area contributed by atoms with E-state index in [2.05, 4.69) is 57.0 Å². The zero-order valence-electron chi connectivity index (χ0n) is 52.4. The minimum Gasteiger partial charge on any atom is -0.481 e. The maximum absolute atomic E-state index is 14.9. The summed E-state index contributed by atoms with van der Waals surface area (Å²) < 4.78 is 36.6. The zero-order chi connectivity index (χ0) is 71.8. The van der Waals surface area contributed by atoms with Crippen molar-refractivity contribution in [1.82, 2.24) is 57.7 Å². The largest absolute Gasteiger partial charge is 0.481 e. The number of imide groups is 1. The summed E-state index contributed by atoms with van der Waals surface area (Å²) in [6, 6.07) is 3.63. The number of fused-ring (bicyclic) bond motifs is 1. The van der Waals surface area contributed by atoms with E-state index in [1.807, 2.05) is 0 Å². The molecule has 3 aromatic carbocycles. The van der Waals surface area contributed by atoms with Gasteiger partial charge in [-0.05, 0) is 73.1 Å². The van der Waals surface area contributed by atoms with Crippen LogP contribution in [-0.4, -0.2) is 206 Å². The molecule has 2 heterocycles. The maximum Gasteiger partial charge on any atom is 0.446 e. The third kappa shape index (κ3) is 24.6. The number of carboxylic acids is 2. The molecule has 13 amide bonds. The number of nitrogens with two attached hydrogens (primary N) is 2. The second-order valence-corrected chi connectivity index (χ2v) is 24.3. The number of primary amides is 2. The minimum absolute atomic E-state index is 0.00580. The highest BCUT2D eigenvalue weighted by Gasteiger charge is 2.42. The average Bonchev–Trinajstić information content (AvgIpc) is 1.78. The number of aliphatic hydroxyl groups excluding tert-OH is 1. The Hall–Kier alpha value is -10.5. The number of rotatable bonds is 38. The van der Waals surface area contributed by atoms with Gasteiger partial charge >= 0.3 is 22.3 Å². The Kier molecular flexibility index (Phi) is 28.9. The van der Waals surface area contributed by atoms with Gasteiger partial charge in [0.15, 0.2) is 0 Å². The number of benzene rings is 3. The van der Waals surface area contributed by atoms with Crippen LogP contribution in [0.3, 0.4) is 0 Å². The predicted octanol–water partition coefficient (Wildman–Crippen LogP) is -4.26. The van der Waals surface area contributed by atoms with Gasteiger partial charge in [-0.25, -0.2) is 0 Å². The Labute approximate surface area is 557 Å². The Morgan fingerprint density at radius 3 is 1.72 bits per heavy atom. The second-order valence-electron chi connectivity index (χ2n) is 22.3. The molecular weight excluding hydrogens is 1320 g/mol. The molecule has 0 aliphatic carbocycles. The molecule has 18 N–H and O–H groups in total. The zero-order valence-corrected chi connectivity index (χ0v) is 54.0. The third-order valence-electron chi connectivity index (χ3n) is 14.8. The molecule has 1 aliphatic rings. The lowest BCUT2D eigenvalue weighted by Gasteiger charge is -2.33. The minimum atomic E-state index is -5.07. The van der Waals surface area contributed by atoms with E-state index in [9.17, 15) is 100 Å². The molecule has 4 aromatic rings. The number of aromatic nitrogens is 1. The molecule has 0 saturated carbocycles. The van der Waals surface area contributed by atoms with Gasteiger partial charge in [-0.1, -0.05) is 60.7 Å². The molecule has 5 rings (SSSR count). The van der Waals surface area contributed by atoms with Crippen LogP contribution >= 0.6 is 11.8 Å². The summed E-state index contributed by atoms with van der Waals surface area (Å²) in [6.07, 6.45) is -3.40. The van der Waals surface area contributed by atoms with Crippen LogP contribution in [0.15, 0.2) is 85.1 Å². The van der Waals surface area contributed by atoms with E-state index >= 15 is 0 Å². The summed E-state index contributed by atoms with van der Waals surface area (Å²) in [5, 5.41) is 52.5. The highest BCUT2D eigenvalue weighted by molar-refractivity contribution is 7.98. The molecule has 37 heteroatoms. The molecule has 1 aromatic heterocycles. The van der Waals surface area contributed by atoms with Crippen LogP contribution in [0.25, 0.3) is 10.9 Å². The van der Waals surface area contributed by atoms with E-state index in [1.54, 1.807) is 60.9 Å². The van der Waals surface area contributed by atoms with Crippen LogP contribution in [0.4, 0.5) is 0 Å². The number of aromatic amines is 1. The van der Waals surface area contributed by atoms with Gasteiger partial charge in [0.2, 0.25) is 70.9 Å². The number of nitrogens with one attached hydrogen (secondary N) is 10. The molecule has 35 nitrogen and oxygen atoms in total. The highest BCUT2D eigenvalue weighted by Crippen LogP contribution is 2.21. The number of carbonyl (C=O) groups excluding carboxylic acids is 13. The summed E-state index contributed by atoms with van der Waals surface area (Å²) in [5.74, 6) is -18.1. The number of para-hydroxylation sites is 1. The first-order valence-electron chi connectivity index (χ1n) is 29.8. The van der Waals surface area contributed by atoms with Crippen molar-refractivity contribution >= 4 is 122 Å². The smallest absolute Gasteiger partial charge is 0.446 e. The molecule has 0 bridgehead atoms. The molecule has 1 fully saturated rings. The lowest BCUT2D eigenvalue weighted by atomic mass is 10.0. The van der Waals surface area contributed by atoms with Crippen LogP contribution in [0.2, 0.25) is 0 Å². The molecule has 0 spiro atoms. The summed E-state index contributed by atoms with van der Waals surface area (Å²) in [5.41, 5.74) is 12.5. The molecule has 1 aliphatic heterocycles. The van der Waals surface area contributed by atoms with Gasteiger partial charge in [0.1, 0.15) is 60.1 Å². The SMILES string of the molecule is CSCC[C@H](NC(=O)[C@H](Cc1c[nH]c2ccccc12)NC(=O)CNC(=O)[C@H]([C@@H](C)O)N(C(C)=O)C(=O)[C@H](Cc1ccc(OS(=O)(=O)O)cc1)NC(=O)[C@H](CC(=O)O)NC(=O)[C@H](CCC(N)=O)NC(=O)[C@@H]1CCC(=O)N1)C(=O)N[C@@H](CC(=O)O)C(=O)N[C@@H](Cc1ccccc1)C(N)=O. The van der Waals surface area contributed by atoms with Crippen molar-refractivity contribution in [2.75, 3.05) is 18.6 Å². The van der Waals surface area contributed by atoms with Crippen LogP contribution in [-0.2, 0) is 102 Å². The number of aliphatic carboxylic acids is 2. The quantitative estimate of drug-likeness (QED) is 0.0189. The van der Waals surface area contributed by atoms with Gasteiger partial charge in [-0.15, -0.1) is 0 Å². The predicted molar refractivity (Wildman–Crippen MR) is 340 cm³/mol. The number of carbonyl (C=O) groups is 15. The molecular formula is C60H75N13O22S2. The molecule has 97 heavy (non-hydrogen) atoms. The van der Waals surface area contributed by atoms with Crippen LogP contribution in [0, 0.1) is 0 Å². The van der Waals surface area contributed by atoms with Gasteiger partial charge < -0.3 is 83.8 Å². The van der Waals surface area contributed by atoms with Crippen molar-refractivity contribution in [3.8, 4) is 5.75 Å². The van der Waals surface area contributed by atoms with Crippen molar-refractivity contribution in [3.63, 3.8) is 0 Å². The third-order valence-corrected chi connectivity index (χ3v) is 15.8. The molecule has 10 atom stereocenters. The lowest BCUT2D eigenvalue weighted by Crippen LogP contribution is -2.63. The number of nitrogens with zero attached hydrogens (tertiary/aromatic N) is 1. The van der Waals surface area contributed by atoms with Gasteiger partial charge in [-0.2, -0.15) is 20.2 Å². The summed E-state index contributed by atoms with van der Waals surface area (Å²) in [7, 11) is -5.07. The lowest BCUT2D eigenvalue weighted by molar-refractivity contribution is -0.156. The Morgan fingerprint density at radius 2 is 1.19 bits per heavy atom. The van der Waals surface area contributed by atoms with Crippen LogP contribution in [0.5, 0.6) is 5.75 Å². The van der Waals surface area contributed by atoms with Crippen molar-refractivity contribution < 1.29 is 104 Å². The highest BCUT2D eigenvalue weighted by atomic mass is 32.3. The van der Waals surface area contributed by atoms with Crippen molar-refractivity contribution in [1.29, 1.82) is 0 Å². The van der Waals surface area contributed by atoms with Crippen molar-refractivity contribution in [2.45, 2.75) is 139 Å². The summed E-state index contributed by atoms with van der Waals surface area (Å²) >= 11 is 1.24. The fourth-order valence-electron chi connectivity index (χ4n) is 10.0. The normalized spacial score (nSPS) is 15.5. The number of thioether (sulfide) groups is 1.